The molecule has 110 valence electrons. The number of carbonyl (C=O) groups excluding carboxylic acids is 2. The molecule has 0 aromatic heterocycles. The summed E-state index contributed by atoms with van der Waals surface area (Å²) < 4.78 is 30.8. The van der Waals surface area contributed by atoms with Crippen LogP contribution < -0.4 is 5.32 Å². The maximum atomic E-state index is 12.9. The summed E-state index contributed by atoms with van der Waals surface area (Å²) in [5.74, 6) is -1.97. The number of benzene rings is 1. The number of nitrogens with one attached hydrogen (secondary N) is 1. The van der Waals surface area contributed by atoms with Crippen LogP contribution in [0.3, 0.4) is 0 Å². The van der Waals surface area contributed by atoms with E-state index in [2.05, 4.69) is 0 Å². The highest BCUT2D eigenvalue weighted by atomic mass is 19.1. The third-order valence-electron chi connectivity index (χ3n) is 2.20. The van der Waals surface area contributed by atoms with Gasteiger partial charge in [-0.25, -0.2) is 13.6 Å². The Balaban J connectivity index is 2.45. The average molecular weight is 285 g/mol. The van der Waals surface area contributed by atoms with Gasteiger partial charge in [-0.05, 0) is 44.9 Å². The average Bonchev–Trinajstić information content (AvgIpc) is 2.22. The smallest absolute Gasteiger partial charge is 0.414 e. The largest absolute Gasteiger partial charge is 0.444 e. The number of hydrogen-bond donors (Lipinski definition) is 1. The second-order valence-electron chi connectivity index (χ2n) is 5.33. The first-order valence-corrected chi connectivity index (χ1v) is 6.13. The summed E-state index contributed by atoms with van der Waals surface area (Å²) in [6.07, 6.45) is -0.779. The molecule has 0 fully saturated rings. The van der Waals surface area contributed by atoms with Gasteiger partial charge in [0.05, 0.1) is 0 Å². The fourth-order valence-corrected chi connectivity index (χ4v) is 1.49. The Hall–Kier alpha value is -1.98. The van der Waals surface area contributed by atoms with Crippen LogP contribution in [-0.2, 0) is 16.0 Å². The number of aryl methyl sites for hydroxylation is 1. The van der Waals surface area contributed by atoms with Crippen molar-refractivity contribution in [3.63, 3.8) is 0 Å². The Morgan fingerprint density at radius 1 is 1.15 bits per heavy atom. The van der Waals surface area contributed by atoms with Gasteiger partial charge in [-0.3, -0.25) is 10.1 Å². The highest BCUT2D eigenvalue weighted by Gasteiger charge is 2.18. The number of amides is 2. The van der Waals surface area contributed by atoms with Gasteiger partial charge in [-0.2, -0.15) is 0 Å². The molecule has 0 heterocycles. The summed E-state index contributed by atoms with van der Waals surface area (Å²) in [6, 6.07) is 3.04. The fourth-order valence-electron chi connectivity index (χ4n) is 1.49. The van der Waals surface area contributed by atoms with Crippen molar-refractivity contribution in [3.8, 4) is 0 Å². The Labute approximate surface area is 116 Å². The van der Waals surface area contributed by atoms with Gasteiger partial charge in [0.15, 0.2) is 0 Å². The minimum Gasteiger partial charge on any atom is -0.444 e. The third kappa shape index (κ3) is 6.26. The van der Waals surface area contributed by atoms with Gasteiger partial charge in [0.1, 0.15) is 17.2 Å². The molecule has 2 amide bonds. The standard InChI is InChI=1S/C14H17F2NO3/c1-14(2,3)20-13(19)17-12(18)5-4-9-6-10(15)8-11(16)7-9/h6-8H,4-5H2,1-3H3,(H,17,18,19). The fraction of sp³-hybridized carbons (Fsp3) is 0.429. The lowest BCUT2D eigenvalue weighted by molar-refractivity contribution is -0.120. The van der Waals surface area contributed by atoms with Crippen molar-refractivity contribution in [2.24, 2.45) is 0 Å². The van der Waals surface area contributed by atoms with Crippen LogP contribution in [0.5, 0.6) is 0 Å². The molecular weight excluding hydrogens is 268 g/mol. The lowest BCUT2D eigenvalue weighted by Crippen LogP contribution is -2.36. The van der Waals surface area contributed by atoms with Crippen molar-refractivity contribution in [1.29, 1.82) is 0 Å². The van der Waals surface area contributed by atoms with Gasteiger partial charge in [0, 0.05) is 12.5 Å². The van der Waals surface area contributed by atoms with Crippen molar-refractivity contribution < 1.29 is 23.1 Å². The van der Waals surface area contributed by atoms with Gasteiger partial charge in [0.25, 0.3) is 0 Å². The van der Waals surface area contributed by atoms with Gasteiger partial charge in [0.2, 0.25) is 5.91 Å². The van der Waals surface area contributed by atoms with Crippen molar-refractivity contribution in [3.05, 3.63) is 35.4 Å². The van der Waals surface area contributed by atoms with Gasteiger partial charge < -0.3 is 4.74 Å². The zero-order chi connectivity index (χ0) is 15.3. The number of hydrogen-bond acceptors (Lipinski definition) is 3. The highest BCUT2D eigenvalue weighted by Crippen LogP contribution is 2.10. The Bertz CT molecular complexity index is 489. The lowest BCUT2D eigenvalue weighted by Gasteiger charge is -2.19. The summed E-state index contributed by atoms with van der Waals surface area (Å²) in [6.45, 7) is 5.02. The van der Waals surface area contributed by atoms with E-state index in [4.69, 9.17) is 4.74 Å². The zero-order valence-corrected chi connectivity index (χ0v) is 11.6. The molecule has 1 rings (SSSR count). The number of halogens is 2. The summed E-state index contributed by atoms with van der Waals surface area (Å²) in [5.41, 5.74) is -0.349. The van der Waals surface area contributed by atoms with E-state index < -0.39 is 29.2 Å². The quantitative estimate of drug-likeness (QED) is 0.929. The van der Waals surface area contributed by atoms with E-state index in [9.17, 15) is 18.4 Å². The van der Waals surface area contributed by atoms with Crippen LogP contribution in [0.2, 0.25) is 0 Å². The second-order valence-corrected chi connectivity index (χ2v) is 5.33. The molecular formula is C14H17F2NO3. The van der Waals surface area contributed by atoms with Crippen molar-refractivity contribution in [1.82, 2.24) is 5.32 Å². The van der Waals surface area contributed by atoms with Gasteiger partial charge in [-0.1, -0.05) is 0 Å². The van der Waals surface area contributed by atoms with Crippen LogP contribution in [-0.4, -0.2) is 17.6 Å². The first kappa shape index (κ1) is 16.1. The molecule has 4 nitrogen and oxygen atoms in total. The molecule has 1 aromatic rings. The van der Waals surface area contributed by atoms with Gasteiger partial charge in [-0.15, -0.1) is 0 Å². The molecule has 0 radical (unpaired) electrons. The highest BCUT2D eigenvalue weighted by molar-refractivity contribution is 5.91. The summed E-state index contributed by atoms with van der Waals surface area (Å²) in [4.78, 5) is 22.8. The molecule has 0 saturated carbocycles. The number of ether oxygens (including phenoxy) is 1. The normalized spacial score (nSPS) is 11.1. The first-order chi connectivity index (χ1) is 9.15. The van der Waals surface area contributed by atoms with E-state index in [1.807, 2.05) is 5.32 Å². The predicted molar refractivity (Wildman–Crippen MR) is 69.1 cm³/mol. The van der Waals surface area contributed by atoms with Crippen LogP contribution in [0.4, 0.5) is 13.6 Å². The number of rotatable bonds is 3. The van der Waals surface area contributed by atoms with Crippen LogP contribution in [0.15, 0.2) is 18.2 Å². The van der Waals surface area contributed by atoms with Crippen LogP contribution >= 0.6 is 0 Å². The minimum atomic E-state index is -0.840. The van der Waals surface area contributed by atoms with E-state index in [1.54, 1.807) is 20.8 Å². The van der Waals surface area contributed by atoms with Crippen LogP contribution in [0.25, 0.3) is 0 Å². The van der Waals surface area contributed by atoms with Crippen molar-refractivity contribution in [2.75, 3.05) is 0 Å². The molecule has 0 aliphatic carbocycles. The molecule has 0 spiro atoms. The minimum absolute atomic E-state index is 0.0673. The first-order valence-electron chi connectivity index (χ1n) is 6.13. The summed E-state index contributed by atoms with van der Waals surface area (Å²) in [7, 11) is 0. The van der Waals surface area contributed by atoms with Crippen LogP contribution in [0.1, 0.15) is 32.8 Å². The Kier molecular flexibility index (Phi) is 5.19. The molecule has 6 heteroatoms. The number of imide groups is 1. The maximum Gasteiger partial charge on any atom is 0.414 e. The SMILES string of the molecule is CC(C)(C)OC(=O)NC(=O)CCc1cc(F)cc(F)c1. The topological polar surface area (TPSA) is 55.4 Å². The molecule has 0 aliphatic rings. The predicted octanol–water partition coefficient (Wildman–Crippen LogP) is 2.95. The summed E-state index contributed by atoms with van der Waals surface area (Å²) in [5, 5.41) is 2.05. The molecule has 0 aliphatic heterocycles. The second kappa shape index (κ2) is 6.45. The Morgan fingerprint density at radius 3 is 2.20 bits per heavy atom. The number of alkyl carbamates (subject to hydrolysis) is 1. The van der Waals surface area contributed by atoms with E-state index in [-0.39, 0.29) is 12.8 Å². The van der Waals surface area contributed by atoms with E-state index in [0.29, 0.717) is 5.56 Å². The van der Waals surface area contributed by atoms with E-state index >= 15 is 0 Å². The summed E-state index contributed by atoms with van der Waals surface area (Å²) >= 11 is 0. The van der Waals surface area contributed by atoms with Crippen molar-refractivity contribution in [2.45, 2.75) is 39.2 Å². The molecule has 0 atom stereocenters. The monoisotopic (exact) mass is 285 g/mol. The molecule has 1 aromatic carbocycles. The maximum absolute atomic E-state index is 12.9. The lowest BCUT2D eigenvalue weighted by atomic mass is 10.1. The molecule has 0 unspecified atom stereocenters. The molecule has 20 heavy (non-hydrogen) atoms. The third-order valence-corrected chi connectivity index (χ3v) is 2.20. The van der Waals surface area contributed by atoms with E-state index in [0.717, 1.165) is 18.2 Å². The molecule has 0 saturated heterocycles. The van der Waals surface area contributed by atoms with E-state index in [1.165, 1.54) is 0 Å². The molecule has 0 bridgehead atoms. The Morgan fingerprint density at radius 2 is 1.70 bits per heavy atom. The zero-order valence-electron chi connectivity index (χ0n) is 11.6. The van der Waals surface area contributed by atoms with Gasteiger partial charge >= 0.3 is 6.09 Å². The van der Waals surface area contributed by atoms with Crippen molar-refractivity contribution >= 4 is 12.0 Å². The number of carbonyl (C=O) groups is 2. The molecule has 1 N–H and O–H groups in total. The van der Waals surface area contributed by atoms with Crippen LogP contribution in [0, 0.1) is 11.6 Å².